The van der Waals surface area contributed by atoms with Crippen molar-refractivity contribution in [1.29, 1.82) is 0 Å². The summed E-state index contributed by atoms with van der Waals surface area (Å²) in [7, 11) is 0. The van der Waals surface area contributed by atoms with Gasteiger partial charge in [0.2, 0.25) is 0 Å². The zero-order valence-corrected chi connectivity index (χ0v) is 17.6. The lowest BCUT2D eigenvalue weighted by molar-refractivity contribution is -0.134. The molecule has 0 saturated heterocycles. The van der Waals surface area contributed by atoms with Crippen LogP contribution in [0.15, 0.2) is 58.8 Å². The molecule has 1 aromatic carbocycles. The van der Waals surface area contributed by atoms with Crippen LogP contribution in [0.4, 0.5) is 0 Å². The summed E-state index contributed by atoms with van der Waals surface area (Å²) in [4.78, 5) is 26.3. The Bertz CT molecular complexity index is 1350. The minimum absolute atomic E-state index is 0.813. The van der Waals surface area contributed by atoms with Crippen LogP contribution in [0.25, 0.3) is 27.8 Å². The topological polar surface area (TPSA) is 119 Å². The van der Waals surface area contributed by atoms with Crippen molar-refractivity contribution in [2.75, 3.05) is 26.2 Å². The Labute approximate surface area is 183 Å². The van der Waals surface area contributed by atoms with Crippen LogP contribution in [0.1, 0.15) is 18.2 Å². The lowest BCUT2D eigenvalue weighted by Crippen LogP contribution is -2.19. The fraction of sp³-hybridized carbons (Fsp3) is 0.217. The largest absolute Gasteiger partial charge is 0.481 e. The first-order valence-corrected chi connectivity index (χ1v) is 10.5. The Morgan fingerprint density at radius 2 is 1.75 bits per heavy atom. The zero-order valence-electron chi connectivity index (χ0n) is 17.6. The van der Waals surface area contributed by atoms with Crippen LogP contribution < -0.4 is 10.6 Å². The lowest BCUT2D eigenvalue weighted by Gasteiger charge is -2.02. The molecule has 0 saturated carbocycles. The molecule has 3 aromatic heterocycles. The summed E-state index contributed by atoms with van der Waals surface area (Å²) in [5.74, 6) is 1.03. The number of carbonyl (C=O) groups is 1. The number of hydrogen-bond acceptors (Lipinski definition) is 6. The second-order valence-electron chi connectivity index (χ2n) is 7.63. The van der Waals surface area contributed by atoms with Crippen LogP contribution >= 0.6 is 0 Å². The summed E-state index contributed by atoms with van der Waals surface area (Å²) in [6.07, 6.45) is 4.06. The SMILES string of the molecule is CC(=O)O.c1cc2cc(-c3ccn4cc(C5=NCCN5)nc4c3)[nH]c2cc1C1=NCCN1. The first-order chi connectivity index (χ1) is 15.6. The van der Waals surface area contributed by atoms with Gasteiger partial charge in [-0.3, -0.25) is 14.8 Å². The number of carboxylic acid groups (broad SMARTS) is 1. The summed E-state index contributed by atoms with van der Waals surface area (Å²) in [6, 6.07) is 12.8. The maximum Gasteiger partial charge on any atom is 0.300 e. The van der Waals surface area contributed by atoms with Gasteiger partial charge >= 0.3 is 0 Å². The van der Waals surface area contributed by atoms with Gasteiger partial charge in [0.15, 0.2) is 0 Å². The van der Waals surface area contributed by atoms with Gasteiger partial charge < -0.3 is 25.1 Å². The van der Waals surface area contributed by atoms with Crippen molar-refractivity contribution >= 4 is 34.2 Å². The van der Waals surface area contributed by atoms with E-state index >= 15 is 0 Å². The van der Waals surface area contributed by atoms with Crippen molar-refractivity contribution in [3.63, 3.8) is 0 Å². The predicted molar refractivity (Wildman–Crippen MR) is 125 cm³/mol. The van der Waals surface area contributed by atoms with Crippen molar-refractivity contribution in [1.82, 2.24) is 25.0 Å². The first kappa shape index (κ1) is 19.8. The molecule has 0 radical (unpaired) electrons. The van der Waals surface area contributed by atoms with Gasteiger partial charge in [0.25, 0.3) is 5.97 Å². The van der Waals surface area contributed by atoms with E-state index in [9.17, 15) is 0 Å². The molecule has 0 atom stereocenters. The first-order valence-electron chi connectivity index (χ1n) is 10.5. The van der Waals surface area contributed by atoms with Crippen molar-refractivity contribution in [3.05, 3.63) is 60.0 Å². The van der Waals surface area contributed by atoms with Gasteiger partial charge in [0.1, 0.15) is 23.0 Å². The number of benzene rings is 1. The van der Waals surface area contributed by atoms with Crippen LogP contribution in [0, 0.1) is 0 Å². The number of nitrogens with zero attached hydrogens (tertiary/aromatic N) is 4. The van der Waals surface area contributed by atoms with Crippen LogP contribution in [0.3, 0.4) is 0 Å². The summed E-state index contributed by atoms with van der Waals surface area (Å²) in [5, 5.41) is 15.2. The molecule has 5 heterocycles. The number of fused-ring (bicyclic) bond motifs is 2. The quantitative estimate of drug-likeness (QED) is 0.398. The van der Waals surface area contributed by atoms with E-state index in [2.05, 4.69) is 62.0 Å². The smallest absolute Gasteiger partial charge is 0.300 e. The molecule has 2 aliphatic heterocycles. The number of nitrogens with one attached hydrogen (secondary N) is 3. The number of pyridine rings is 1. The average molecular weight is 429 g/mol. The number of amidine groups is 2. The molecule has 9 nitrogen and oxygen atoms in total. The van der Waals surface area contributed by atoms with Gasteiger partial charge in [-0.05, 0) is 24.3 Å². The zero-order chi connectivity index (χ0) is 22.1. The monoisotopic (exact) mass is 429 g/mol. The van der Waals surface area contributed by atoms with E-state index in [1.807, 2.05) is 16.8 Å². The number of hydrogen-bond donors (Lipinski definition) is 4. The molecule has 32 heavy (non-hydrogen) atoms. The fourth-order valence-corrected chi connectivity index (χ4v) is 3.85. The Balaban J connectivity index is 0.000000501. The number of imidazole rings is 1. The Morgan fingerprint density at radius 3 is 2.47 bits per heavy atom. The molecule has 0 aliphatic carbocycles. The van der Waals surface area contributed by atoms with Gasteiger partial charge in [-0.25, -0.2) is 4.98 Å². The van der Waals surface area contributed by atoms with Crippen LogP contribution in [0.2, 0.25) is 0 Å². The molecular weight excluding hydrogens is 406 g/mol. The third-order valence-corrected chi connectivity index (χ3v) is 5.26. The molecule has 4 aromatic rings. The molecule has 0 fully saturated rings. The molecule has 0 spiro atoms. The highest BCUT2D eigenvalue weighted by molar-refractivity contribution is 6.03. The maximum atomic E-state index is 9.00. The van der Waals surface area contributed by atoms with Crippen molar-refractivity contribution in [2.45, 2.75) is 6.92 Å². The molecule has 162 valence electrons. The van der Waals surface area contributed by atoms with Crippen LogP contribution in [-0.4, -0.2) is 63.3 Å². The molecule has 9 heteroatoms. The van der Waals surface area contributed by atoms with Gasteiger partial charge in [0, 0.05) is 60.1 Å². The van der Waals surface area contributed by atoms with Crippen molar-refractivity contribution in [3.8, 4) is 11.3 Å². The van der Waals surface area contributed by atoms with E-state index < -0.39 is 5.97 Å². The third kappa shape index (κ3) is 3.92. The lowest BCUT2D eigenvalue weighted by atomic mass is 10.1. The number of aliphatic imine (C=N–C) groups is 2. The Hall–Kier alpha value is -4.14. The second kappa shape index (κ2) is 8.18. The maximum absolute atomic E-state index is 9.00. The van der Waals surface area contributed by atoms with Crippen molar-refractivity contribution < 1.29 is 9.90 Å². The van der Waals surface area contributed by atoms with Gasteiger partial charge in [0.05, 0.1) is 13.1 Å². The fourth-order valence-electron chi connectivity index (χ4n) is 3.85. The molecule has 0 bridgehead atoms. The number of aromatic amines is 1. The van der Waals surface area contributed by atoms with Gasteiger partial charge in [-0.15, -0.1) is 0 Å². The number of carboxylic acids is 1. The highest BCUT2D eigenvalue weighted by atomic mass is 16.4. The second-order valence-corrected chi connectivity index (χ2v) is 7.63. The predicted octanol–water partition coefficient (Wildman–Crippen LogP) is 2.27. The summed E-state index contributed by atoms with van der Waals surface area (Å²) >= 11 is 0. The molecular formula is C23H23N7O2. The minimum atomic E-state index is -0.833. The highest BCUT2D eigenvalue weighted by Crippen LogP contribution is 2.26. The number of aromatic nitrogens is 3. The van der Waals surface area contributed by atoms with Crippen LogP contribution in [0.5, 0.6) is 0 Å². The van der Waals surface area contributed by atoms with E-state index in [0.29, 0.717) is 0 Å². The summed E-state index contributed by atoms with van der Waals surface area (Å²) < 4.78 is 2.03. The Morgan fingerprint density at radius 1 is 1.00 bits per heavy atom. The molecule has 0 unspecified atom stereocenters. The van der Waals surface area contributed by atoms with E-state index in [1.165, 1.54) is 5.39 Å². The van der Waals surface area contributed by atoms with Crippen molar-refractivity contribution in [2.24, 2.45) is 9.98 Å². The van der Waals surface area contributed by atoms with E-state index in [1.54, 1.807) is 0 Å². The number of rotatable bonds is 3. The minimum Gasteiger partial charge on any atom is -0.481 e. The molecule has 0 amide bonds. The Kier molecular flexibility index (Phi) is 5.06. The van der Waals surface area contributed by atoms with E-state index in [0.717, 1.165) is 78.5 Å². The molecule has 6 rings (SSSR count). The third-order valence-electron chi connectivity index (χ3n) is 5.26. The molecule has 2 aliphatic rings. The van der Waals surface area contributed by atoms with Gasteiger partial charge in [-0.2, -0.15) is 0 Å². The average Bonchev–Trinajstić information content (AvgIpc) is 3.58. The van der Waals surface area contributed by atoms with E-state index in [-0.39, 0.29) is 0 Å². The number of aliphatic carboxylic acids is 1. The van der Waals surface area contributed by atoms with E-state index in [4.69, 9.17) is 14.9 Å². The normalized spacial score (nSPS) is 15.0. The summed E-state index contributed by atoms with van der Waals surface area (Å²) in [6.45, 7) is 4.54. The summed E-state index contributed by atoms with van der Waals surface area (Å²) in [5.41, 5.74) is 6.22. The van der Waals surface area contributed by atoms with Crippen LogP contribution in [-0.2, 0) is 4.79 Å². The molecule has 4 N–H and O–H groups in total. The number of H-pyrrole nitrogens is 1. The van der Waals surface area contributed by atoms with Gasteiger partial charge in [-0.1, -0.05) is 12.1 Å². The highest BCUT2D eigenvalue weighted by Gasteiger charge is 2.14. The standard InChI is InChI=1S/C21H19N7.C2H4O2/c1-2-15(20-22-4-5-23-20)10-17-13(1)9-16(26-17)14-3-8-28-12-18(27-19(28)11-14)21-24-6-7-25-21;1-2(3)4/h1-3,8-12,26H,4-7H2,(H,22,23)(H,24,25);1H3,(H,3,4).